The summed E-state index contributed by atoms with van der Waals surface area (Å²) in [5.74, 6) is -1.81. The van der Waals surface area contributed by atoms with Crippen LogP contribution in [0, 0.1) is 0 Å². The maximum absolute atomic E-state index is 12.5. The fraction of sp³-hybridized carbons (Fsp3) is 0.353. The summed E-state index contributed by atoms with van der Waals surface area (Å²) in [7, 11) is 1.24. The smallest absolute Gasteiger partial charge is 0.337 e. The number of aliphatic carboxylic acids is 1. The average Bonchev–Trinajstić information content (AvgIpc) is 2.58. The second-order valence-electron chi connectivity index (χ2n) is 5.67. The van der Waals surface area contributed by atoms with E-state index in [1.165, 1.54) is 12.0 Å². The van der Waals surface area contributed by atoms with Crippen molar-refractivity contribution in [1.29, 1.82) is 0 Å². The minimum absolute atomic E-state index is 0.125. The Morgan fingerprint density at radius 2 is 2.00 bits per heavy atom. The number of esters is 1. The number of halogens is 2. The second-order valence-corrected chi connectivity index (χ2v) is 6.49. The van der Waals surface area contributed by atoms with Gasteiger partial charge in [0.25, 0.3) is 0 Å². The molecule has 0 saturated heterocycles. The Bertz CT molecular complexity index is 778. The van der Waals surface area contributed by atoms with Gasteiger partial charge >= 0.3 is 12.0 Å². The van der Waals surface area contributed by atoms with E-state index in [1.807, 2.05) is 0 Å². The minimum Gasteiger partial charge on any atom is -0.550 e. The summed E-state index contributed by atoms with van der Waals surface area (Å²) in [5, 5.41) is 13.9. The molecule has 2 rings (SSSR count). The average molecular weight is 400 g/mol. The molecule has 0 aromatic heterocycles. The third-order valence-corrected chi connectivity index (χ3v) is 4.78. The van der Waals surface area contributed by atoms with Gasteiger partial charge in [0.1, 0.15) is 0 Å². The van der Waals surface area contributed by atoms with E-state index in [9.17, 15) is 19.5 Å². The first-order valence-corrected chi connectivity index (χ1v) is 8.53. The molecule has 0 radical (unpaired) electrons. The molecule has 1 aliphatic rings. The number of ether oxygens (including phenoxy) is 1. The van der Waals surface area contributed by atoms with Gasteiger partial charge in [-0.1, -0.05) is 29.3 Å². The van der Waals surface area contributed by atoms with E-state index >= 15 is 0 Å². The Hall–Kier alpha value is -2.25. The molecule has 1 aliphatic heterocycles. The number of nitrogens with zero attached hydrogens (tertiary/aromatic N) is 1. The number of carbonyl (C=O) groups is 3. The number of methoxy groups -OCH3 is 1. The summed E-state index contributed by atoms with van der Waals surface area (Å²) in [6.07, 6.45) is -0.000175. The Morgan fingerprint density at radius 3 is 2.58 bits per heavy atom. The SMILES string of the molecule is COC(=O)C1=C(C)N(CCCC(=O)[O-])C(=O)N[C@H]1c1ccc(Cl)c(Cl)c1. The molecule has 140 valence electrons. The van der Waals surface area contributed by atoms with Gasteiger partial charge in [-0.25, -0.2) is 9.59 Å². The summed E-state index contributed by atoms with van der Waals surface area (Å²) >= 11 is 12.0. The highest BCUT2D eigenvalue weighted by Gasteiger charge is 2.36. The van der Waals surface area contributed by atoms with E-state index in [-0.39, 0.29) is 30.0 Å². The Morgan fingerprint density at radius 1 is 1.31 bits per heavy atom. The summed E-state index contributed by atoms with van der Waals surface area (Å²) < 4.78 is 4.85. The van der Waals surface area contributed by atoms with Crippen LogP contribution in [0.4, 0.5) is 4.79 Å². The first-order valence-electron chi connectivity index (χ1n) is 7.78. The summed E-state index contributed by atoms with van der Waals surface area (Å²) in [6.45, 7) is 1.73. The maximum Gasteiger partial charge on any atom is 0.337 e. The van der Waals surface area contributed by atoms with Gasteiger partial charge in [-0.15, -0.1) is 0 Å². The molecule has 26 heavy (non-hydrogen) atoms. The number of hydrogen-bond donors (Lipinski definition) is 1. The van der Waals surface area contributed by atoms with Crippen molar-refractivity contribution in [2.45, 2.75) is 25.8 Å². The van der Waals surface area contributed by atoms with Crippen LogP contribution in [0.1, 0.15) is 31.4 Å². The van der Waals surface area contributed by atoms with E-state index in [1.54, 1.807) is 25.1 Å². The molecule has 0 spiro atoms. The highest BCUT2D eigenvalue weighted by molar-refractivity contribution is 6.42. The fourth-order valence-electron chi connectivity index (χ4n) is 2.75. The van der Waals surface area contributed by atoms with Crippen LogP contribution < -0.4 is 10.4 Å². The first-order chi connectivity index (χ1) is 12.3. The minimum atomic E-state index is -1.20. The predicted octanol–water partition coefficient (Wildman–Crippen LogP) is 2.04. The number of benzene rings is 1. The van der Waals surface area contributed by atoms with E-state index < -0.39 is 24.0 Å². The highest BCUT2D eigenvalue weighted by atomic mass is 35.5. The van der Waals surface area contributed by atoms with Crippen molar-refractivity contribution in [3.05, 3.63) is 45.1 Å². The summed E-state index contributed by atoms with van der Waals surface area (Å²) in [5.41, 5.74) is 1.19. The molecule has 1 aromatic rings. The molecule has 9 heteroatoms. The topological polar surface area (TPSA) is 98.8 Å². The number of urea groups is 1. The van der Waals surface area contributed by atoms with Crippen LogP contribution in [0.2, 0.25) is 10.0 Å². The van der Waals surface area contributed by atoms with Crippen molar-refractivity contribution in [3.8, 4) is 0 Å². The standard InChI is InChI=1S/C17H18Cl2N2O5/c1-9-14(16(24)26-2)15(10-5-6-11(18)12(19)8-10)20-17(25)21(9)7-3-4-13(22)23/h5-6,8,15H,3-4,7H2,1-2H3,(H,20,25)(H,22,23)/p-1/t15-/m0/s1. The van der Waals surface area contributed by atoms with Gasteiger partial charge in [0.15, 0.2) is 0 Å². The van der Waals surface area contributed by atoms with Crippen LogP contribution in [0.15, 0.2) is 29.5 Å². The van der Waals surface area contributed by atoms with Crippen LogP contribution in [-0.4, -0.2) is 36.5 Å². The summed E-state index contributed by atoms with van der Waals surface area (Å²) in [4.78, 5) is 36.7. The Kier molecular flexibility index (Phi) is 6.50. The number of amides is 2. The molecule has 1 aromatic carbocycles. The third kappa shape index (κ3) is 4.28. The number of rotatable bonds is 6. The molecule has 0 aliphatic carbocycles. The highest BCUT2D eigenvalue weighted by Crippen LogP contribution is 2.34. The second kappa shape index (κ2) is 8.42. The van der Waals surface area contributed by atoms with E-state index in [4.69, 9.17) is 27.9 Å². The molecule has 1 heterocycles. The van der Waals surface area contributed by atoms with Gasteiger partial charge in [0, 0.05) is 18.2 Å². The van der Waals surface area contributed by atoms with Gasteiger partial charge in [-0.2, -0.15) is 0 Å². The largest absolute Gasteiger partial charge is 0.550 e. The molecule has 0 saturated carbocycles. The molecular formula is C17H17Cl2N2O5-. The number of allylic oxidation sites excluding steroid dienone is 1. The number of nitrogens with one attached hydrogen (secondary N) is 1. The number of carboxylic acids is 1. The lowest BCUT2D eigenvalue weighted by Gasteiger charge is -2.35. The molecule has 2 amide bonds. The van der Waals surface area contributed by atoms with Crippen LogP contribution in [0.3, 0.4) is 0 Å². The molecule has 7 nitrogen and oxygen atoms in total. The van der Waals surface area contributed by atoms with Crippen molar-refractivity contribution in [2.24, 2.45) is 0 Å². The number of carboxylic acid groups (broad SMARTS) is 1. The van der Waals surface area contributed by atoms with Gasteiger partial charge in [-0.05, 0) is 37.5 Å². The van der Waals surface area contributed by atoms with Gasteiger partial charge < -0.3 is 20.0 Å². The maximum atomic E-state index is 12.5. The quantitative estimate of drug-likeness (QED) is 0.737. The molecule has 0 bridgehead atoms. The van der Waals surface area contributed by atoms with Crippen LogP contribution in [0.25, 0.3) is 0 Å². The normalized spacial score (nSPS) is 17.2. The van der Waals surface area contributed by atoms with Crippen molar-refractivity contribution in [2.75, 3.05) is 13.7 Å². The molecular weight excluding hydrogens is 383 g/mol. The van der Waals surface area contributed by atoms with Crippen molar-refractivity contribution < 1.29 is 24.2 Å². The third-order valence-electron chi connectivity index (χ3n) is 4.04. The van der Waals surface area contributed by atoms with Crippen molar-refractivity contribution in [3.63, 3.8) is 0 Å². The molecule has 1 atom stereocenters. The van der Waals surface area contributed by atoms with Crippen LogP contribution in [-0.2, 0) is 14.3 Å². The number of carbonyl (C=O) groups excluding carboxylic acids is 3. The van der Waals surface area contributed by atoms with Crippen molar-refractivity contribution >= 4 is 41.2 Å². The lowest BCUT2D eigenvalue weighted by Crippen LogP contribution is -2.48. The molecule has 0 unspecified atom stereocenters. The fourth-order valence-corrected chi connectivity index (χ4v) is 3.05. The zero-order chi connectivity index (χ0) is 19.4. The Labute approximate surface area is 160 Å². The van der Waals surface area contributed by atoms with Crippen LogP contribution in [0.5, 0.6) is 0 Å². The van der Waals surface area contributed by atoms with E-state index in [2.05, 4.69) is 5.32 Å². The predicted molar refractivity (Wildman–Crippen MR) is 93.4 cm³/mol. The number of hydrogen-bond acceptors (Lipinski definition) is 5. The lowest BCUT2D eigenvalue weighted by molar-refractivity contribution is -0.305. The van der Waals surface area contributed by atoms with E-state index in [0.29, 0.717) is 16.3 Å². The first kappa shape index (κ1) is 20.1. The Balaban J connectivity index is 2.41. The molecule has 0 fully saturated rings. The van der Waals surface area contributed by atoms with E-state index in [0.717, 1.165) is 0 Å². The van der Waals surface area contributed by atoms with Crippen molar-refractivity contribution in [1.82, 2.24) is 10.2 Å². The van der Waals surface area contributed by atoms with Gasteiger partial charge in [0.2, 0.25) is 0 Å². The summed E-state index contributed by atoms with van der Waals surface area (Å²) in [6, 6.07) is 3.58. The van der Waals surface area contributed by atoms with Crippen LogP contribution >= 0.6 is 23.2 Å². The van der Waals surface area contributed by atoms with Gasteiger partial charge in [0.05, 0.1) is 28.8 Å². The van der Waals surface area contributed by atoms with Gasteiger partial charge in [-0.3, -0.25) is 4.90 Å². The lowest BCUT2D eigenvalue weighted by atomic mass is 9.95. The zero-order valence-electron chi connectivity index (χ0n) is 14.2. The monoisotopic (exact) mass is 399 g/mol. The zero-order valence-corrected chi connectivity index (χ0v) is 15.7. The molecule has 1 N–H and O–H groups in total.